The third-order valence-electron chi connectivity index (χ3n) is 8.43. The van der Waals surface area contributed by atoms with Crippen LogP contribution in [0, 0.1) is 17.2 Å². The number of anilines is 1. The van der Waals surface area contributed by atoms with Gasteiger partial charge in [0, 0.05) is 46.5 Å². The van der Waals surface area contributed by atoms with E-state index in [1.165, 1.54) is 25.3 Å². The van der Waals surface area contributed by atoms with Gasteiger partial charge >= 0.3 is 11.9 Å². The number of benzene rings is 2. The molecule has 2 fully saturated rings. The molecule has 0 bridgehead atoms. The van der Waals surface area contributed by atoms with Crippen molar-refractivity contribution in [2.45, 2.75) is 44.9 Å². The van der Waals surface area contributed by atoms with E-state index in [-0.39, 0.29) is 46.3 Å². The standard InChI is InChI=1S/C35H38N6O7/c1-4-19-14-25(32(42)40-22-10-8-21(9-11-22)31(37)38)24(16-27(19)46-3)23-12-13-26(33(43)39-17-18-6-7-18)41-30(23)35(45)48-28-15-20(5-2)29(36)34(44)47-28/h4,8-14,16,18,20,28-29H,1,5-7,15,17,36H2,2-3H3,(H3,37,38)(H,39,43)(H,40,42)/t20-,28?,29+/m1/s1. The maximum absolute atomic E-state index is 13.9. The van der Waals surface area contributed by atoms with Crippen molar-refractivity contribution in [2.75, 3.05) is 19.0 Å². The summed E-state index contributed by atoms with van der Waals surface area (Å²) < 4.78 is 16.5. The molecule has 0 spiro atoms. The molecule has 1 saturated heterocycles. The van der Waals surface area contributed by atoms with Gasteiger partial charge < -0.3 is 36.3 Å². The second kappa shape index (κ2) is 14.5. The smallest absolute Gasteiger partial charge is 0.360 e. The van der Waals surface area contributed by atoms with Crippen LogP contribution in [-0.4, -0.2) is 60.6 Å². The van der Waals surface area contributed by atoms with Crippen LogP contribution >= 0.6 is 0 Å². The number of ether oxygens (including phenoxy) is 3. The number of nitrogens with two attached hydrogens (primary N) is 2. The highest BCUT2D eigenvalue weighted by Gasteiger charge is 2.38. The number of rotatable bonds is 12. The van der Waals surface area contributed by atoms with Crippen LogP contribution in [0.1, 0.15) is 75.1 Å². The van der Waals surface area contributed by atoms with Crippen molar-refractivity contribution in [1.82, 2.24) is 10.3 Å². The van der Waals surface area contributed by atoms with E-state index in [1.807, 2.05) is 6.92 Å². The minimum atomic E-state index is -1.23. The monoisotopic (exact) mass is 654 g/mol. The van der Waals surface area contributed by atoms with Crippen LogP contribution in [0.5, 0.6) is 5.75 Å². The summed E-state index contributed by atoms with van der Waals surface area (Å²) in [4.78, 5) is 57.6. The van der Waals surface area contributed by atoms with Crippen LogP contribution in [0.25, 0.3) is 17.2 Å². The van der Waals surface area contributed by atoms with Gasteiger partial charge in [-0.05, 0) is 73.2 Å². The topological polar surface area (TPSA) is 209 Å². The number of nitrogen functional groups attached to an aromatic ring is 1. The van der Waals surface area contributed by atoms with Crippen molar-refractivity contribution < 1.29 is 33.4 Å². The van der Waals surface area contributed by atoms with E-state index in [9.17, 15) is 19.2 Å². The molecule has 7 N–H and O–H groups in total. The molecule has 13 heteroatoms. The molecule has 1 unspecified atom stereocenters. The van der Waals surface area contributed by atoms with Crippen LogP contribution in [0.2, 0.25) is 0 Å². The zero-order chi connectivity index (χ0) is 34.5. The molecule has 2 aliphatic rings. The predicted octanol–water partition coefficient (Wildman–Crippen LogP) is 3.86. The molecule has 3 atom stereocenters. The number of carbonyl (C=O) groups excluding carboxylic acids is 4. The number of amidine groups is 1. The Morgan fingerprint density at radius 3 is 2.46 bits per heavy atom. The molecule has 250 valence electrons. The summed E-state index contributed by atoms with van der Waals surface area (Å²) in [6.07, 6.45) is 3.10. The van der Waals surface area contributed by atoms with Gasteiger partial charge in [0.1, 0.15) is 23.3 Å². The predicted molar refractivity (Wildman–Crippen MR) is 178 cm³/mol. The van der Waals surface area contributed by atoms with Crippen LogP contribution < -0.4 is 26.8 Å². The Labute approximate surface area is 277 Å². The normalized spacial score (nSPS) is 18.6. The van der Waals surface area contributed by atoms with E-state index >= 15 is 0 Å². The molecule has 1 aliphatic heterocycles. The molecular weight excluding hydrogens is 616 g/mol. The lowest BCUT2D eigenvalue weighted by Gasteiger charge is -2.31. The van der Waals surface area contributed by atoms with E-state index in [4.69, 9.17) is 31.1 Å². The third kappa shape index (κ3) is 7.52. The number of carbonyl (C=O) groups is 4. The highest BCUT2D eigenvalue weighted by Crippen LogP contribution is 2.35. The first kappa shape index (κ1) is 33.8. The molecule has 3 aromatic rings. The Kier molecular flexibility index (Phi) is 10.2. The van der Waals surface area contributed by atoms with Gasteiger partial charge in [-0.15, -0.1) is 0 Å². The fourth-order valence-electron chi connectivity index (χ4n) is 5.39. The van der Waals surface area contributed by atoms with E-state index in [0.717, 1.165) is 12.8 Å². The minimum absolute atomic E-state index is 0.0355. The molecule has 1 saturated carbocycles. The average molecular weight is 655 g/mol. The summed E-state index contributed by atoms with van der Waals surface area (Å²) in [5, 5.41) is 13.3. The van der Waals surface area contributed by atoms with Gasteiger partial charge in [-0.25, -0.2) is 9.78 Å². The van der Waals surface area contributed by atoms with Gasteiger partial charge in [-0.2, -0.15) is 0 Å². The lowest BCUT2D eigenvalue weighted by Crippen LogP contribution is -2.48. The minimum Gasteiger partial charge on any atom is -0.496 e. The lowest BCUT2D eigenvalue weighted by atomic mass is 9.92. The summed E-state index contributed by atoms with van der Waals surface area (Å²) in [7, 11) is 1.45. The van der Waals surface area contributed by atoms with E-state index in [1.54, 1.807) is 36.4 Å². The zero-order valence-corrected chi connectivity index (χ0v) is 26.7. The van der Waals surface area contributed by atoms with Crippen molar-refractivity contribution in [2.24, 2.45) is 23.3 Å². The summed E-state index contributed by atoms with van der Waals surface area (Å²) in [6, 6.07) is 11.7. The number of cyclic esters (lactones) is 1. The van der Waals surface area contributed by atoms with Crippen molar-refractivity contribution in [1.29, 1.82) is 5.41 Å². The summed E-state index contributed by atoms with van der Waals surface area (Å²) in [6.45, 7) is 6.18. The van der Waals surface area contributed by atoms with Crippen molar-refractivity contribution in [3.8, 4) is 16.9 Å². The molecule has 5 rings (SSSR count). The lowest BCUT2D eigenvalue weighted by molar-refractivity contribution is -0.185. The average Bonchev–Trinajstić information content (AvgIpc) is 3.92. The number of nitrogens with one attached hydrogen (secondary N) is 3. The molecule has 1 aliphatic carbocycles. The number of pyridine rings is 1. The second-order valence-corrected chi connectivity index (χ2v) is 11.7. The Bertz CT molecular complexity index is 1770. The van der Waals surface area contributed by atoms with Gasteiger partial charge in [0.05, 0.1) is 7.11 Å². The van der Waals surface area contributed by atoms with E-state index in [2.05, 4.69) is 22.2 Å². The number of hydrogen-bond donors (Lipinski definition) is 5. The van der Waals surface area contributed by atoms with Crippen molar-refractivity contribution in [3.05, 3.63) is 83.2 Å². The van der Waals surface area contributed by atoms with Gasteiger partial charge in [-0.1, -0.05) is 26.0 Å². The number of esters is 2. The van der Waals surface area contributed by atoms with Crippen LogP contribution in [0.3, 0.4) is 0 Å². The van der Waals surface area contributed by atoms with Crippen LogP contribution in [0.4, 0.5) is 5.69 Å². The zero-order valence-electron chi connectivity index (χ0n) is 26.7. The maximum atomic E-state index is 13.9. The fourth-order valence-corrected chi connectivity index (χ4v) is 5.39. The quantitative estimate of drug-likeness (QED) is 0.108. The molecule has 0 radical (unpaired) electrons. The Morgan fingerprint density at radius 2 is 1.83 bits per heavy atom. The summed E-state index contributed by atoms with van der Waals surface area (Å²) >= 11 is 0. The SMILES string of the molecule is C=Cc1cc(C(=O)Nc2ccc(C(=N)N)cc2)c(-c2ccc(C(=O)NCC3CC3)nc2C(=O)OC2C[C@@H](CC)[C@H](N)C(=O)O2)cc1OC. The molecule has 2 heterocycles. The van der Waals surface area contributed by atoms with Gasteiger partial charge in [0.2, 0.25) is 6.29 Å². The highest BCUT2D eigenvalue weighted by molar-refractivity contribution is 6.11. The van der Waals surface area contributed by atoms with Crippen molar-refractivity contribution >= 4 is 41.4 Å². The molecular formula is C35H38N6O7. The van der Waals surface area contributed by atoms with E-state index in [0.29, 0.717) is 41.4 Å². The molecule has 48 heavy (non-hydrogen) atoms. The first-order valence-corrected chi connectivity index (χ1v) is 15.6. The molecule has 2 aromatic carbocycles. The Balaban J connectivity index is 1.57. The van der Waals surface area contributed by atoms with E-state index < -0.39 is 36.1 Å². The maximum Gasteiger partial charge on any atom is 0.360 e. The third-order valence-corrected chi connectivity index (χ3v) is 8.43. The van der Waals surface area contributed by atoms with Crippen molar-refractivity contribution in [3.63, 3.8) is 0 Å². The summed E-state index contributed by atoms with van der Waals surface area (Å²) in [5.41, 5.74) is 13.2. The fraction of sp³-hybridized carbons (Fsp3) is 0.314. The number of nitrogens with zero attached hydrogens (tertiary/aromatic N) is 1. The largest absolute Gasteiger partial charge is 0.496 e. The van der Waals surface area contributed by atoms with Gasteiger partial charge in [0.25, 0.3) is 11.8 Å². The summed E-state index contributed by atoms with van der Waals surface area (Å²) in [5.74, 6) is -2.30. The number of amides is 2. The molecule has 1 aromatic heterocycles. The number of aromatic nitrogens is 1. The number of hydrogen-bond acceptors (Lipinski definition) is 10. The van der Waals surface area contributed by atoms with Gasteiger partial charge in [0.15, 0.2) is 5.69 Å². The highest BCUT2D eigenvalue weighted by atomic mass is 16.7. The Hall–Kier alpha value is -5.56. The Morgan fingerprint density at radius 1 is 1.10 bits per heavy atom. The van der Waals surface area contributed by atoms with Crippen LogP contribution in [-0.2, 0) is 14.3 Å². The molecule has 13 nitrogen and oxygen atoms in total. The number of methoxy groups -OCH3 is 1. The van der Waals surface area contributed by atoms with Gasteiger partial charge in [-0.3, -0.25) is 19.8 Å². The molecule has 2 amide bonds. The van der Waals surface area contributed by atoms with Crippen LogP contribution in [0.15, 0.2) is 55.1 Å². The second-order valence-electron chi connectivity index (χ2n) is 11.7. The first-order valence-electron chi connectivity index (χ1n) is 15.6. The first-order chi connectivity index (χ1) is 23.0.